The molecule has 1 aliphatic rings. The first-order valence-corrected chi connectivity index (χ1v) is 6.58. The number of rotatable bonds is 4. The molecule has 96 valence electrons. The van der Waals surface area contributed by atoms with Crippen molar-refractivity contribution in [3.05, 3.63) is 24.0 Å². The normalized spacial score (nSPS) is 19.5. The summed E-state index contributed by atoms with van der Waals surface area (Å²) in [7, 11) is 0. The number of hydrogen-bond acceptors (Lipinski definition) is 4. The topological polar surface area (TPSA) is 54.2 Å². The minimum absolute atomic E-state index is 0.813. The first-order valence-electron chi connectivity index (χ1n) is 6.58. The molecule has 3 rings (SSSR count). The van der Waals surface area contributed by atoms with Gasteiger partial charge in [0, 0.05) is 6.54 Å². The number of nitrogens with one attached hydrogen (secondary N) is 2. The summed E-state index contributed by atoms with van der Waals surface area (Å²) in [6.45, 7) is 5.40. The van der Waals surface area contributed by atoms with Gasteiger partial charge in [-0.2, -0.15) is 9.61 Å². The molecule has 2 aromatic rings. The van der Waals surface area contributed by atoms with Gasteiger partial charge in [-0.15, -0.1) is 0 Å². The molecule has 2 aromatic heterocycles. The first kappa shape index (κ1) is 11.5. The van der Waals surface area contributed by atoms with Crippen LogP contribution in [-0.2, 0) is 0 Å². The quantitative estimate of drug-likeness (QED) is 0.856. The molecule has 1 unspecified atom stereocenters. The van der Waals surface area contributed by atoms with Gasteiger partial charge >= 0.3 is 0 Å². The number of aromatic nitrogens is 3. The van der Waals surface area contributed by atoms with E-state index in [1.807, 2.05) is 10.6 Å². The van der Waals surface area contributed by atoms with E-state index in [0.717, 1.165) is 30.5 Å². The molecule has 2 N–H and O–H groups in total. The van der Waals surface area contributed by atoms with Crippen LogP contribution in [0.15, 0.2) is 18.5 Å². The molecule has 0 aromatic carbocycles. The van der Waals surface area contributed by atoms with Crippen molar-refractivity contribution < 1.29 is 0 Å². The highest BCUT2D eigenvalue weighted by atomic mass is 15.3. The Balaban J connectivity index is 1.67. The molecule has 0 aliphatic carbocycles. The molecule has 1 atom stereocenters. The maximum absolute atomic E-state index is 4.24. The summed E-state index contributed by atoms with van der Waals surface area (Å²) in [4.78, 5) is 4.23. The van der Waals surface area contributed by atoms with Crippen LogP contribution in [0.3, 0.4) is 0 Å². The van der Waals surface area contributed by atoms with E-state index >= 15 is 0 Å². The van der Waals surface area contributed by atoms with E-state index in [-0.39, 0.29) is 0 Å². The van der Waals surface area contributed by atoms with Gasteiger partial charge in [0.05, 0.1) is 0 Å². The van der Waals surface area contributed by atoms with E-state index in [9.17, 15) is 0 Å². The van der Waals surface area contributed by atoms with Crippen molar-refractivity contribution in [3.8, 4) is 0 Å². The predicted octanol–water partition coefficient (Wildman–Crippen LogP) is 1.45. The van der Waals surface area contributed by atoms with Gasteiger partial charge in [0.2, 0.25) is 0 Å². The second kappa shape index (κ2) is 4.94. The average Bonchev–Trinajstić information content (AvgIpc) is 2.98. The van der Waals surface area contributed by atoms with Crippen molar-refractivity contribution >= 4 is 11.5 Å². The van der Waals surface area contributed by atoms with E-state index in [1.165, 1.54) is 24.9 Å². The van der Waals surface area contributed by atoms with Crippen molar-refractivity contribution in [2.45, 2.75) is 19.8 Å². The Bertz CT molecular complexity index is 527. The lowest BCUT2D eigenvalue weighted by molar-refractivity contribution is 0.548. The van der Waals surface area contributed by atoms with Crippen molar-refractivity contribution in [2.75, 3.05) is 25.0 Å². The summed E-state index contributed by atoms with van der Waals surface area (Å²) in [5.41, 5.74) is 2.11. The van der Waals surface area contributed by atoms with Crippen LogP contribution in [0.5, 0.6) is 0 Å². The summed E-state index contributed by atoms with van der Waals surface area (Å²) in [5.74, 6) is 1.85. The Kier molecular flexibility index (Phi) is 3.15. The second-order valence-corrected chi connectivity index (χ2v) is 5.02. The maximum Gasteiger partial charge on any atom is 0.157 e. The summed E-state index contributed by atoms with van der Waals surface area (Å²) < 4.78 is 1.86. The van der Waals surface area contributed by atoms with Gasteiger partial charge in [-0.05, 0) is 56.5 Å². The zero-order valence-corrected chi connectivity index (χ0v) is 10.7. The Morgan fingerprint density at radius 2 is 2.44 bits per heavy atom. The van der Waals surface area contributed by atoms with Crippen molar-refractivity contribution in [3.63, 3.8) is 0 Å². The van der Waals surface area contributed by atoms with E-state index in [2.05, 4.69) is 33.7 Å². The number of aryl methyl sites for hydroxylation is 1. The van der Waals surface area contributed by atoms with E-state index in [4.69, 9.17) is 0 Å². The van der Waals surface area contributed by atoms with Gasteiger partial charge in [-0.25, -0.2) is 4.98 Å². The number of fused-ring (bicyclic) bond motifs is 1. The van der Waals surface area contributed by atoms with Gasteiger partial charge in [0.15, 0.2) is 5.65 Å². The molecule has 5 nitrogen and oxygen atoms in total. The molecule has 0 bridgehead atoms. The highest BCUT2D eigenvalue weighted by molar-refractivity contribution is 5.51. The highest BCUT2D eigenvalue weighted by Crippen LogP contribution is 2.15. The third kappa shape index (κ3) is 2.31. The highest BCUT2D eigenvalue weighted by Gasteiger charge is 2.13. The molecule has 0 spiro atoms. The zero-order chi connectivity index (χ0) is 12.4. The Hall–Kier alpha value is -1.62. The number of anilines is 1. The third-order valence-corrected chi connectivity index (χ3v) is 3.54. The fourth-order valence-corrected chi connectivity index (χ4v) is 2.55. The fourth-order valence-electron chi connectivity index (χ4n) is 2.55. The van der Waals surface area contributed by atoms with Crippen LogP contribution in [0, 0.1) is 12.8 Å². The number of hydrogen-bond donors (Lipinski definition) is 2. The number of pyridine rings is 1. The minimum atomic E-state index is 0.813. The molecular formula is C13H19N5. The molecule has 0 amide bonds. The first-order chi connectivity index (χ1) is 8.83. The monoisotopic (exact) mass is 245 g/mol. The van der Waals surface area contributed by atoms with E-state index in [0.29, 0.717) is 0 Å². The average molecular weight is 245 g/mol. The molecule has 0 radical (unpaired) electrons. The zero-order valence-electron chi connectivity index (χ0n) is 10.7. The lowest BCUT2D eigenvalue weighted by Crippen LogP contribution is -2.14. The summed E-state index contributed by atoms with van der Waals surface area (Å²) >= 11 is 0. The summed E-state index contributed by atoms with van der Waals surface area (Å²) in [6, 6.07) is 4.16. The van der Waals surface area contributed by atoms with Crippen molar-refractivity contribution in [1.82, 2.24) is 19.9 Å². The molecule has 1 saturated heterocycles. The summed E-state index contributed by atoms with van der Waals surface area (Å²) in [5, 5.41) is 11.1. The van der Waals surface area contributed by atoms with Crippen LogP contribution in [0.1, 0.15) is 18.4 Å². The number of nitrogens with zero attached hydrogens (tertiary/aromatic N) is 3. The van der Waals surface area contributed by atoms with Crippen LogP contribution in [0.4, 0.5) is 5.82 Å². The van der Waals surface area contributed by atoms with E-state index in [1.54, 1.807) is 6.33 Å². The standard InChI is InChI=1S/C13H19N5/c1-10-6-12(18-13(7-10)16-9-17-18)15-5-3-11-2-4-14-8-11/h6-7,9,11,14-15H,2-5,8H2,1H3. The SMILES string of the molecule is Cc1cc(NCCC2CCNC2)n2ncnc2c1. The second-order valence-electron chi connectivity index (χ2n) is 5.02. The molecule has 5 heteroatoms. The van der Waals surface area contributed by atoms with Crippen LogP contribution in [-0.4, -0.2) is 34.2 Å². The van der Waals surface area contributed by atoms with Crippen molar-refractivity contribution in [1.29, 1.82) is 0 Å². The van der Waals surface area contributed by atoms with Crippen LogP contribution >= 0.6 is 0 Å². The Morgan fingerprint density at radius 1 is 1.50 bits per heavy atom. The van der Waals surface area contributed by atoms with Gasteiger partial charge < -0.3 is 10.6 Å². The van der Waals surface area contributed by atoms with Gasteiger partial charge in [-0.1, -0.05) is 0 Å². The lowest BCUT2D eigenvalue weighted by Gasteiger charge is -2.11. The minimum Gasteiger partial charge on any atom is -0.370 e. The van der Waals surface area contributed by atoms with Crippen molar-refractivity contribution in [2.24, 2.45) is 5.92 Å². The molecule has 18 heavy (non-hydrogen) atoms. The third-order valence-electron chi connectivity index (χ3n) is 3.54. The van der Waals surface area contributed by atoms with Crippen LogP contribution in [0.25, 0.3) is 5.65 Å². The largest absolute Gasteiger partial charge is 0.370 e. The molecular weight excluding hydrogens is 226 g/mol. The maximum atomic E-state index is 4.24. The van der Waals surface area contributed by atoms with Gasteiger partial charge in [-0.3, -0.25) is 0 Å². The van der Waals surface area contributed by atoms with Crippen LogP contribution in [0.2, 0.25) is 0 Å². The molecule has 1 fully saturated rings. The Labute approximate surface area is 107 Å². The van der Waals surface area contributed by atoms with Gasteiger partial charge in [0.1, 0.15) is 12.1 Å². The van der Waals surface area contributed by atoms with Crippen LogP contribution < -0.4 is 10.6 Å². The molecule has 3 heterocycles. The smallest absolute Gasteiger partial charge is 0.157 e. The lowest BCUT2D eigenvalue weighted by atomic mass is 10.1. The fraction of sp³-hybridized carbons (Fsp3) is 0.538. The van der Waals surface area contributed by atoms with E-state index < -0.39 is 0 Å². The van der Waals surface area contributed by atoms with Gasteiger partial charge in [0.25, 0.3) is 0 Å². The molecule has 1 aliphatic heterocycles. The Morgan fingerprint density at radius 3 is 3.28 bits per heavy atom. The molecule has 0 saturated carbocycles. The summed E-state index contributed by atoms with van der Waals surface area (Å²) in [6.07, 6.45) is 4.10. The predicted molar refractivity (Wildman–Crippen MR) is 71.8 cm³/mol.